The van der Waals surface area contributed by atoms with E-state index in [1.54, 1.807) is 5.57 Å². The molecule has 1 saturated heterocycles. The molecule has 0 aromatic carbocycles. The third-order valence-electron chi connectivity index (χ3n) is 4.39. The van der Waals surface area contributed by atoms with Crippen molar-refractivity contribution in [1.82, 2.24) is 5.32 Å². The number of rotatable bonds is 5. The van der Waals surface area contributed by atoms with Crippen LogP contribution in [0.4, 0.5) is 0 Å². The fourth-order valence-corrected chi connectivity index (χ4v) is 3.71. The largest absolute Gasteiger partial charge is 0.378 e. The SMILES string of the molecule is CCCNCC1CCOC1C1CC(C)=CC(C)C1. The molecule has 0 bridgehead atoms. The second kappa shape index (κ2) is 6.72. The topological polar surface area (TPSA) is 21.3 Å². The minimum Gasteiger partial charge on any atom is -0.378 e. The van der Waals surface area contributed by atoms with Crippen molar-refractivity contribution in [1.29, 1.82) is 0 Å². The van der Waals surface area contributed by atoms with E-state index in [2.05, 4.69) is 32.2 Å². The van der Waals surface area contributed by atoms with Gasteiger partial charge in [0.05, 0.1) is 6.10 Å². The fraction of sp³-hybridized carbons (Fsp3) is 0.875. The number of ether oxygens (including phenoxy) is 1. The minimum absolute atomic E-state index is 0.500. The average Bonchev–Trinajstić information content (AvgIpc) is 2.76. The third-order valence-corrected chi connectivity index (χ3v) is 4.39. The summed E-state index contributed by atoms with van der Waals surface area (Å²) < 4.78 is 6.07. The Labute approximate surface area is 112 Å². The molecule has 1 aliphatic heterocycles. The first-order valence-corrected chi connectivity index (χ1v) is 7.70. The first-order valence-electron chi connectivity index (χ1n) is 7.70. The molecule has 0 aromatic rings. The predicted octanol–water partition coefficient (Wildman–Crippen LogP) is 3.38. The van der Waals surface area contributed by atoms with Gasteiger partial charge in [-0.25, -0.2) is 0 Å². The van der Waals surface area contributed by atoms with Gasteiger partial charge in [0.15, 0.2) is 0 Å². The Morgan fingerprint density at radius 2 is 2.28 bits per heavy atom. The zero-order valence-corrected chi connectivity index (χ0v) is 12.2. The van der Waals surface area contributed by atoms with Crippen molar-refractivity contribution >= 4 is 0 Å². The summed E-state index contributed by atoms with van der Waals surface area (Å²) in [6.45, 7) is 10.1. The van der Waals surface area contributed by atoms with Crippen LogP contribution in [0.5, 0.6) is 0 Å². The average molecular weight is 251 g/mol. The third kappa shape index (κ3) is 3.58. The standard InChI is InChI=1S/C16H29NO/c1-4-6-17-11-14-5-7-18-16(14)15-9-12(2)8-13(3)10-15/h8,12,14-17H,4-7,9-11H2,1-3H3. The van der Waals surface area contributed by atoms with Crippen LogP contribution in [0.25, 0.3) is 0 Å². The molecule has 2 rings (SSSR count). The van der Waals surface area contributed by atoms with Crippen LogP contribution in [-0.2, 0) is 4.74 Å². The van der Waals surface area contributed by atoms with E-state index >= 15 is 0 Å². The second-order valence-electron chi connectivity index (χ2n) is 6.28. The van der Waals surface area contributed by atoms with Gasteiger partial charge in [-0.3, -0.25) is 0 Å². The molecule has 2 nitrogen and oxygen atoms in total. The second-order valence-corrected chi connectivity index (χ2v) is 6.28. The molecule has 104 valence electrons. The summed E-state index contributed by atoms with van der Waals surface area (Å²) in [4.78, 5) is 0. The fourth-order valence-electron chi connectivity index (χ4n) is 3.71. The van der Waals surface area contributed by atoms with E-state index in [1.807, 2.05) is 0 Å². The monoisotopic (exact) mass is 251 g/mol. The lowest BCUT2D eigenvalue weighted by atomic mass is 9.77. The van der Waals surface area contributed by atoms with Gasteiger partial charge in [0, 0.05) is 19.1 Å². The molecule has 1 N–H and O–H groups in total. The Bertz CT molecular complexity index is 287. The molecule has 0 spiro atoms. The lowest BCUT2D eigenvalue weighted by Gasteiger charge is -2.32. The van der Waals surface area contributed by atoms with Crippen LogP contribution in [-0.4, -0.2) is 25.8 Å². The zero-order chi connectivity index (χ0) is 13.0. The van der Waals surface area contributed by atoms with Gasteiger partial charge < -0.3 is 10.1 Å². The zero-order valence-electron chi connectivity index (χ0n) is 12.2. The Kier molecular flexibility index (Phi) is 5.25. The molecular weight excluding hydrogens is 222 g/mol. The van der Waals surface area contributed by atoms with Crippen LogP contribution >= 0.6 is 0 Å². The molecule has 1 aliphatic carbocycles. The first kappa shape index (κ1) is 14.1. The smallest absolute Gasteiger partial charge is 0.0647 e. The van der Waals surface area contributed by atoms with Crippen LogP contribution in [0.3, 0.4) is 0 Å². The Morgan fingerprint density at radius 1 is 1.44 bits per heavy atom. The van der Waals surface area contributed by atoms with E-state index in [9.17, 15) is 0 Å². The van der Waals surface area contributed by atoms with E-state index in [1.165, 1.54) is 25.7 Å². The number of allylic oxidation sites excluding steroid dienone is 2. The Balaban J connectivity index is 1.88. The predicted molar refractivity (Wildman–Crippen MR) is 76.7 cm³/mol. The Morgan fingerprint density at radius 3 is 3.00 bits per heavy atom. The van der Waals surface area contributed by atoms with Crippen LogP contribution in [0.15, 0.2) is 11.6 Å². The summed E-state index contributed by atoms with van der Waals surface area (Å²) >= 11 is 0. The lowest BCUT2D eigenvalue weighted by molar-refractivity contribution is 0.0322. The van der Waals surface area contributed by atoms with Crippen molar-refractivity contribution in [3.05, 3.63) is 11.6 Å². The van der Waals surface area contributed by atoms with Crippen LogP contribution in [0.1, 0.15) is 46.5 Å². The van der Waals surface area contributed by atoms with E-state index in [4.69, 9.17) is 4.74 Å². The van der Waals surface area contributed by atoms with Gasteiger partial charge in [-0.15, -0.1) is 0 Å². The highest BCUT2D eigenvalue weighted by molar-refractivity contribution is 5.08. The van der Waals surface area contributed by atoms with Crippen LogP contribution in [0.2, 0.25) is 0 Å². The summed E-state index contributed by atoms with van der Waals surface area (Å²) in [6.07, 6.45) is 7.97. The van der Waals surface area contributed by atoms with Crippen molar-refractivity contribution in [2.45, 2.75) is 52.6 Å². The highest BCUT2D eigenvalue weighted by atomic mass is 16.5. The van der Waals surface area contributed by atoms with Gasteiger partial charge in [-0.2, -0.15) is 0 Å². The molecule has 0 aromatic heterocycles. The highest BCUT2D eigenvalue weighted by Crippen LogP contribution is 2.37. The van der Waals surface area contributed by atoms with Crippen molar-refractivity contribution in [3.8, 4) is 0 Å². The molecule has 0 amide bonds. The molecule has 4 atom stereocenters. The van der Waals surface area contributed by atoms with Crippen LogP contribution in [0, 0.1) is 17.8 Å². The number of nitrogens with one attached hydrogen (secondary N) is 1. The maximum atomic E-state index is 6.07. The van der Waals surface area contributed by atoms with Crippen LogP contribution < -0.4 is 5.32 Å². The molecule has 0 radical (unpaired) electrons. The first-order chi connectivity index (χ1) is 8.70. The Hall–Kier alpha value is -0.340. The maximum Gasteiger partial charge on any atom is 0.0647 e. The highest BCUT2D eigenvalue weighted by Gasteiger charge is 2.36. The normalized spacial score (nSPS) is 36.7. The molecule has 1 heterocycles. The summed E-state index contributed by atoms with van der Waals surface area (Å²) in [7, 11) is 0. The van der Waals surface area contributed by atoms with Gasteiger partial charge in [-0.1, -0.05) is 25.5 Å². The summed E-state index contributed by atoms with van der Waals surface area (Å²) in [6, 6.07) is 0. The summed E-state index contributed by atoms with van der Waals surface area (Å²) in [5.74, 6) is 2.22. The molecule has 18 heavy (non-hydrogen) atoms. The molecule has 0 saturated carbocycles. The van der Waals surface area contributed by atoms with Crippen molar-refractivity contribution in [2.24, 2.45) is 17.8 Å². The van der Waals surface area contributed by atoms with Gasteiger partial charge in [0.2, 0.25) is 0 Å². The summed E-state index contributed by atoms with van der Waals surface area (Å²) in [5.41, 5.74) is 1.56. The molecule has 4 unspecified atom stereocenters. The van der Waals surface area contributed by atoms with Gasteiger partial charge in [0.25, 0.3) is 0 Å². The molecular formula is C16H29NO. The number of hydrogen-bond acceptors (Lipinski definition) is 2. The van der Waals surface area contributed by atoms with Gasteiger partial charge >= 0.3 is 0 Å². The quantitative estimate of drug-likeness (QED) is 0.597. The van der Waals surface area contributed by atoms with Gasteiger partial charge in [-0.05, 0) is 51.0 Å². The van der Waals surface area contributed by atoms with E-state index in [-0.39, 0.29) is 0 Å². The molecule has 1 fully saturated rings. The minimum atomic E-state index is 0.500. The van der Waals surface area contributed by atoms with Crippen molar-refractivity contribution in [3.63, 3.8) is 0 Å². The maximum absolute atomic E-state index is 6.07. The van der Waals surface area contributed by atoms with E-state index < -0.39 is 0 Å². The van der Waals surface area contributed by atoms with Gasteiger partial charge in [0.1, 0.15) is 0 Å². The van der Waals surface area contributed by atoms with Crippen molar-refractivity contribution in [2.75, 3.05) is 19.7 Å². The number of hydrogen-bond donors (Lipinski definition) is 1. The van der Waals surface area contributed by atoms with Crippen molar-refractivity contribution < 1.29 is 4.74 Å². The van der Waals surface area contributed by atoms with E-state index in [0.717, 1.165) is 37.5 Å². The molecule has 2 heteroatoms. The van der Waals surface area contributed by atoms with E-state index in [0.29, 0.717) is 6.10 Å². The summed E-state index contributed by atoms with van der Waals surface area (Å²) in [5, 5.41) is 3.57. The molecule has 2 aliphatic rings. The lowest BCUT2D eigenvalue weighted by Crippen LogP contribution is -2.35.